The molecule has 22 heavy (non-hydrogen) atoms. The van der Waals surface area contributed by atoms with Gasteiger partial charge in [0.25, 0.3) is 0 Å². The monoisotopic (exact) mass is 306 g/mol. The number of urea groups is 1. The van der Waals surface area contributed by atoms with Gasteiger partial charge in [0.15, 0.2) is 0 Å². The Hall–Kier alpha value is -2.12. The molecule has 1 saturated heterocycles. The van der Waals surface area contributed by atoms with E-state index in [0.29, 0.717) is 11.4 Å². The van der Waals surface area contributed by atoms with E-state index in [1.807, 2.05) is 0 Å². The molecule has 1 atom stereocenters. The SMILES string of the molecule is COCC(N)C(=O)Nc1ccccc1NC(=O)N1CCCC1. The minimum absolute atomic E-state index is 0.133. The lowest BCUT2D eigenvalue weighted by atomic mass is 10.2. The van der Waals surface area contributed by atoms with Crippen molar-refractivity contribution >= 4 is 23.3 Å². The fourth-order valence-corrected chi connectivity index (χ4v) is 2.30. The summed E-state index contributed by atoms with van der Waals surface area (Å²) in [4.78, 5) is 25.9. The molecule has 0 aliphatic carbocycles. The van der Waals surface area contributed by atoms with Crippen LogP contribution in [0.1, 0.15) is 12.8 Å². The zero-order chi connectivity index (χ0) is 15.9. The first-order valence-electron chi connectivity index (χ1n) is 7.32. The number of rotatable bonds is 5. The lowest BCUT2D eigenvalue weighted by Crippen LogP contribution is -2.39. The van der Waals surface area contributed by atoms with E-state index < -0.39 is 6.04 Å². The van der Waals surface area contributed by atoms with Crippen molar-refractivity contribution in [3.63, 3.8) is 0 Å². The van der Waals surface area contributed by atoms with Crippen molar-refractivity contribution in [2.45, 2.75) is 18.9 Å². The Bertz CT molecular complexity index is 529. The topological polar surface area (TPSA) is 96.7 Å². The van der Waals surface area contributed by atoms with Gasteiger partial charge in [-0.25, -0.2) is 4.79 Å². The molecule has 4 N–H and O–H groups in total. The molecule has 1 aliphatic heterocycles. The highest BCUT2D eigenvalue weighted by atomic mass is 16.5. The van der Waals surface area contributed by atoms with E-state index >= 15 is 0 Å². The van der Waals surface area contributed by atoms with Crippen LogP contribution in [0.3, 0.4) is 0 Å². The molecule has 1 heterocycles. The smallest absolute Gasteiger partial charge is 0.321 e. The Morgan fingerprint density at radius 3 is 2.41 bits per heavy atom. The van der Waals surface area contributed by atoms with Crippen LogP contribution in [0.4, 0.5) is 16.2 Å². The van der Waals surface area contributed by atoms with Crippen molar-refractivity contribution in [2.75, 3.05) is 37.4 Å². The normalized spacial score (nSPS) is 15.5. The predicted molar refractivity (Wildman–Crippen MR) is 84.7 cm³/mol. The molecule has 1 aromatic rings. The molecule has 1 aromatic carbocycles. The molecule has 0 spiro atoms. The van der Waals surface area contributed by atoms with Gasteiger partial charge in [-0.05, 0) is 25.0 Å². The highest BCUT2D eigenvalue weighted by Gasteiger charge is 2.20. The second-order valence-electron chi connectivity index (χ2n) is 5.22. The zero-order valence-electron chi connectivity index (χ0n) is 12.7. The van der Waals surface area contributed by atoms with Crippen molar-refractivity contribution < 1.29 is 14.3 Å². The number of carbonyl (C=O) groups is 2. The van der Waals surface area contributed by atoms with E-state index in [2.05, 4.69) is 10.6 Å². The highest BCUT2D eigenvalue weighted by molar-refractivity contribution is 6.00. The number of anilines is 2. The molecule has 0 bridgehead atoms. The van der Waals surface area contributed by atoms with E-state index in [1.54, 1.807) is 29.2 Å². The van der Waals surface area contributed by atoms with Gasteiger partial charge < -0.3 is 26.0 Å². The Morgan fingerprint density at radius 2 is 1.82 bits per heavy atom. The lowest BCUT2D eigenvalue weighted by Gasteiger charge is -2.19. The maximum absolute atomic E-state index is 12.1. The summed E-state index contributed by atoms with van der Waals surface area (Å²) < 4.78 is 4.86. The highest BCUT2D eigenvalue weighted by Crippen LogP contribution is 2.22. The van der Waals surface area contributed by atoms with Crippen LogP contribution < -0.4 is 16.4 Å². The van der Waals surface area contributed by atoms with Crippen molar-refractivity contribution in [2.24, 2.45) is 5.73 Å². The molecule has 0 aromatic heterocycles. The first-order chi connectivity index (χ1) is 10.6. The summed E-state index contributed by atoms with van der Waals surface area (Å²) in [5, 5.41) is 5.54. The number of carbonyl (C=O) groups excluding carboxylic acids is 2. The molecule has 7 heteroatoms. The maximum atomic E-state index is 12.1. The van der Waals surface area contributed by atoms with Gasteiger partial charge in [-0.3, -0.25) is 4.79 Å². The molecule has 0 radical (unpaired) electrons. The second-order valence-corrected chi connectivity index (χ2v) is 5.22. The molecular weight excluding hydrogens is 284 g/mol. The van der Waals surface area contributed by atoms with Crippen molar-refractivity contribution in [3.8, 4) is 0 Å². The zero-order valence-corrected chi connectivity index (χ0v) is 12.7. The number of hydrogen-bond donors (Lipinski definition) is 3. The van der Waals surface area contributed by atoms with Gasteiger partial charge in [-0.1, -0.05) is 12.1 Å². The van der Waals surface area contributed by atoms with Crippen LogP contribution in [0.5, 0.6) is 0 Å². The number of likely N-dealkylation sites (tertiary alicyclic amines) is 1. The predicted octanol–water partition coefficient (Wildman–Crippen LogP) is 1.23. The largest absolute Gasteiger partial charge is 0.383 e. The van der Waals surface area contributed by atoms with Crippen molar-refractivity contribution in [3.05, 3.63) is 24.3 Å². The minimum atomic E-state index is -0.757. The van der Waals surface area contributed by atoms with Gasteiger partial charge in [0.1, 0.15) is 6.04 Å². The Balaban J connectivity index is 2.03. The molecule has 1 unspecified atom stereocenters. The number of para-hydroxylation sites is 2. The van der Waals surface area contributed by atoms with Crippen LogP contribution in [0.2, 0.25) is 0 Å². The third-order valence-electron chi connectivity index (χ3n) is 3.50. The molecule has 2 rings (SSSR count). The third-order valence-corrected chi connectivity index (χ3v) is 3.50. The van der Waals surface area contributed by atoms with Crippen molar-refractivity contribution in [1.29, 1.82) is 0 Å². The summed E-state index contributed by atoms with van der Waals surface area (Å²) in [6.07, 6.45) is 2.05. The number of hydrogen-bond acceptors (Lipinski definition) is 4. The van der Waals surface area contributed by atoms with E-state index in [9.17, 15) is 9.59 Å². The first kappa shape index (κ1) is 16.3. The van der Waals surface area contributed by atoms with Gasteiger partial charge in [-0.2, -0.15) is 0 Å². The summed E-state index contributed by atoms with van der Waals surface area (Å²) in [6, 6.07) is 6.13. The Kier molecular flexibility index (Phi) is 5.74. The number of nitrogens with zero attached hydrogens (tertiary/aromatic N) is 1. The first-order valence-corrected chi connectivity index (χ1v) is 7.32. The number of methoxy groups -OCH3 is 1. The van der Waals surface area contributed by atoms with Gasteiger partial charge >= 0.3 is 6.03 Å². The Morgan fingerprint density at radius 1 is 1.23 bits per heavy atom. The number of nitrogens with two attached hydrogens (primary N) is 1. The fraction of sp³-hybridized carbons (Fsp3) is 0.467. The maximum Gasteiger partial charge on any atom is 0.321 e. The number of nitrogens with one attached hydrogen (secondary N) is 2. The average Bonchev–Trinajstić information content (AvgIpc) is 3.03. The van der Waals surface area contributed by atoms with Gasteiger partial charge in [0, 0.05) is 20.2 Å². The Labute approximate surface area is 129 Å². The summed E-state index contributed by atoms with van der Waals surface area (Å²) in [7, 11) is 1.48. The van der Waals surface area contributed by atoms with Crippen LogP contribution in [-0.4, -0.2) is 49.7 Å². The van der Waals surface area contributed by atoms with Gasteiger partial charge in [0.2, 0.25) is 5.91 Å². The number of ether oxygens (including phenoxy) is 1. The molecule has 3 amide bonds. The fourth-order valence-electron chi connectivity index (χ4n) is 2.30. The van der Waals surface area contributed by atoms with E-state index in [0.717, 1.165) is 25.9 Å². The van der Waals surface area contributed by atoms with Gasteiger partial charge in [0.05, 0.1) is 18.0 Å². The molecule has 120 valence electrons. The molecule has 0 saturated carbocycles. The molecular formula is C15H22N4O3. The van der Waals surface area contributed by atoms with Crippen LogP contribution in [0, 0.1) is 0 Å². The van der Waals surface area contributed by atoms with Crippen molar-refractivity contribution in [1.82, 2.24) is 4.90 Å². The van der Waals surface area contributed by atoms with E-state index in [4.69, 9.17) is 10.5 Å². The number of benzene rings is 1. The lowest BCUT2D eigenvalue weighted by molar-refractivity contribution is -0.118. The van der Waals surface area contributed by atoms with E-state index in [1.165, 1.54) is 7.11 Å². The summed E-state index contributed by atoms with van der Waals surface area (Å²) in [5.74, 6) is -0.357. The molecule has 7 nitrogen and oxygen atoms in total. The summed E-state index contributed by atoms with van der Waals surface area (Å²) >= 11 is 0. The quantitative estimate of drug-likeness (QED) is 0.762. The number of amides is 3. The third kappa shape index (κ3) is 4.19. The molecule has 1 aliphatic rings. The molecule has 1 fully saturated rings. The second kappa shape index (κ2) is 7.77. The van der Waals surface area contributed by atoms with Crippen LogP contribution in [-0.2, 0) is 9.53 Å². The average molecular weight is 306 g/mol. The van der Waals surface area contributed by atoms with Crippen LogP contribution in [0.15, 0.2) is 24.3 Å². The van der Waals surface area contributed by atoms with Gasteiger partial charge in [-0.15, -0.1) is 0 Å². The van der Waals surface area contributed by atoms with E-state index in [-0.39, 0.29) is 18.5 Å². The summed E-state index contributed by atoms with van der Waals surface area (Å²) in [5.41, 5.74) is 6.77. The standard InChI is InChI=1S/C15H22N4O3/c1-22-10-11(16)14(20)17-12-6-2-3-7-13(12)18-15(21)19-8-4-5-9-19/h2-3,6-7,11H,4-5,8-10,16H2,1H3,(H,17,20)(H,18,21). The summed E-state index contributed by atoms with van der Waals surface area (Å²) in [6.45, 7) is 1.66. The van der Waals surface area contributed by atoms with Crippen LogP contribution >= 0.6 is 0 Å². The van der Waals surface area contributed by atoms with Crippen LogP contribution in [0.25, 0.3) is 0 Å². The minimum Gasteiger partial charge on any atom is -0.383 e.